The van der Waals surface area contributed by atoms with Crippen molar-refractivity contribution in [2.24, 2.45) is 7.05 Å². The highest BCUT2D eigenvalue weighted by Crippen LogP contribution is 2.26. The van der Waals surface area contributed by atoms with Crippen LogP contribution in [0.4, 0.5) is 0 Å². The van der Waals surface area contributed by atoms with Crippen LogP contribution in [0.1, 0.15) is 5.56 Å². The zero-order valence-electron chi connectivity index (χ0n) is 9.27. The average molecular weight is 215 g/mol. The Kier molecular flexibility index (Phi) is 2.52. The van der Waals surface area contributed by atoms with Crippen molar-refractivity contribution < 1.29 is 5.11 Å². The lowest BCUT2D eigenvalue weighted by atomic mass is 10.0. The van der Waals surface area contributed by atoms with E-state index in [1.54, 1.807) is 20.0 Å². The van der Waals surface area contributed by atoms with Crippen LogP contribution in [0.2, 0.25) is 0 Å². The zero-order valence-corrected chi connectivity index (χ0v) is 9.27. The lowest BCUT2D eigenvalue weighted by Crippen LogP contribution is -2.16. The van der Waals surface area contributed by atoms with E-state index in [0.717, 1.165) is 11.1 Å². The van der Waals surface area contributed by atoms with Gasteiger partial charge < -0.3 is 5.11 Å². The summed E-state index contributed by atoms with van der Waals surface area (Å²) in [7, 11) is 1.56. The summed E-state index contributed by atoms with van der Waals surface area (Å²) >= 11 is 0. The van der Waals surface area contributed by atoms with Gasteiger partial charge in [0, 0.05) is 18.7 Å². The first-order chi connectivity index (χ1) is 7.61. The van der Waals surface area contributed by atoms with Gasteiger partial charge in [-0.1, -0.05) is 30.3 Å². The zero-order chi connectivity index (χ0) is 11.7. The van der Waals surface area contributed by atoms with E-state index >= 15 is 0 Å². The summed E-state index contributed by atoms with van der Waals surface area (Å²) < 4.78 is 1.24. The first-order valence-corrected chi connectivity index (χ1v) is 5.06. The Labute approximate surface area is 93.6 Å². The molecule has 2 rings (SSSR count). The van der Waals surface area contributed by atoms with Crippen LogP contribution in [-0.2, 0) is 7.05 Å². The highest BCUT2D eigenvalue weighted by atomic mass is 16.3. The van der Waals surface area contributed by atoms with Crippen LogP contribution in [0.3, 0.4) is 0 Å². The van der Waals surface area contributed by atoms with Gasteiger partial charge in [0.05, 0.1) is 0 Å². The molecule has 0 saturated carbocycles. The minimum absolute atomic E-state index is 0.0198. The SMILES string of the molecule is Cc1c(-c2ccccc2)cc(=O)n(C)c1O. The van der Waals surface area contributed by atoms with E-state index in [1.807, 2.05) is 30.3 Å². The van der Waals surface area contributed by atoms with Gasteiger partial charge >= 0.3 is 0 Å². The molecule has 0 aliphatic carbocycles. The first kappa shape index (κ1) is 10.5. The minimum atomic E-state index is -0.207. The number of hydrogen-bond acceptors (Lipinski definition) is 2. The van der Waals surface area contributed by atoms with Crippen LogP contribution >= 0.6 is 0 Å². The Morgan fingerprint density at radius 2 is 1.81 bits per heavy atom. The predicted octanol–water partition coefficient (Wildman–Crippen LogP) is 2.07. The molecule has 1 aromatic heterocycles. The van der Waals surface area contributed by atoms with Gasteiger partial charge in [0.15, 0.2) is 5.88 Å². The van der Waals surface area contributed by atoms with Crippen LogP contribution in [-0.4, -0.2) is 9.67 Å². The second-order valence-electron chi connectivity index (χ2n) is 3.77. The molecule has 2 aromatic rings. The number of pyridine rings is 1. The van der Waals surface area contributed by atoms with Crippen molar-refractivity contribution in [3.63, 3.8) is 0 Å². The molecule has 3 nitrogen and oxygen atoms in total. The van der Waals surface area contributed by atoms with Crippen LogP contribution in [0, 0.1) is 6.92 Å². The molecule has 0 saturated heterocycles. The van der Waals surface area contributed by atoms with Crippen molar-refractivity contribution in [1.82, 2.24) is 4.57 Å². The Morgan fingerprint density at radius 3 is 2.44 bits per heavy atom. The molecule has 0 aliphatic rings. The molecule has 0 bridgehead atoms. The summed E-state index contributed by atoms with van der Waals surface area (Å²) in [5.74, 6) is 0.0198. The molecular weight excluding hydrogens is 202 g/mol. The van der Waals surface area contributed by atoms with E-state index in [0.29, 0.717) is 5.56 Å². The topological polar surface area (TPSA) is 42.2 Å². The molecule has 16 heavy (non-hydrogen) atoms. The highest BCUT2D eigenvalue weighted by Gasteiger charge is 2.09. The summed E-state index contributed by atoms with van der Waals surface area (Å²) in [5, 5.41) is 9.79. The molecule has 82 valence electrons. The van der Waals surface area contributed by atoms with Gasteiger partial charge in [0.1, 0.15) is 0 Å². The number of rotatable bonds is 1. The van der Waals surface area contributed by atoms with Gasteiger partial charge in [-0.3, -0.25) is 9.36 Å². The maximum absolute atomic E-state index is 11.6. The summed E-state index contributed by atoms with van der Waals surface area (Å²) in [6, 6.07) is 11.1. The van der Waals surface area contributed by atoms with E-state index < -0.39 is 0 Å². The Balaban J connectivity index is 2.73. The molecule has 0 unspecified atom stereocenters. The van der Waals surface area contributed by atoms with E-state index in [1.165, 1.54) is 4.57 Å². The first-order valence-electron chi connectivity index (χ1n) is 5.06. The molecule has 0 atom stereocenters. The second kappa shape index (κ2) is 3.85. The van der Waals surface area contributed by atoms with Crippen molar-refractivity contribution in [3.05, 3.63) is 52.3 Å². The molecule has 0 fully saturated rings. The quantitative estimate of drug-likeness (QED) is 0.791. The Bertz CT molecular complexity index is 570. The molecule has 3 heteroatoms. The summed E-state index contributed by atoms with van der Waals surface area (Å²) in [6.45, 7) is 1.80. The van der Waals surface area contributed by atoms with Gasteiger partial charge in [0.2, 0.25) is 0 Å². The molecule has 0 radical (unpaired) electrons. The van der Waals surface area contributed by atoms with Gasteiger partial charge in [-0.15, -0.1) is 0 Å². The Morgan fingerprint density at radius 1 is 1.19 bits per heavy atom. The summed E-state index contributed by atoms with van der Waals surface area (Å²) in [5.41, 5.74) is 2.23. The van der Waals surface area contributed by atoms with Gasteiger partial charge in [-0.2, -0.15) is 0 Å². The van der Waals surface area contributed by atoms with Crippen LogP contribution in [0.25, 0.3) is 11.1 Å². The van der Waals surface area contributed by atoms with Crippen molar-refractivity contribution in [1.29, 1.82) is 0 Å². The fourth-order valence-electron chi connectivity index (χ4n) is 1.72. The average Bonchev–Trinajstić information content (AvgIpc) is 2.32. The molecule has 0 spiro atoms. The fraction of sp³-hybridized carbons (Fsp3) is 0.154. The number of aromatic nitrogens is 1. The van der Waals surface area contributed by atoms with Crippen LogP contribution < -0.4 is 5.56 Å². The van der Waals surface area contributed by atoms with Crippen molar-refractivity contribution in [2.75, 3.05) is 0 Å². The third-order valence-corrected chi connectivity index (χ3v) is 2.74. The van der Waals surface area contributed by atoms with Gasteiger partial charge in [-0.05, 0) is 18.1 Å². The van der Waals surface area contributed by atoms with Crippen molar-refractivity contribution in [2.45, 2.75) is 6.92 Å². The number of hydrogen-bond donors (Lipinski definition) is 1. The summed E-state index contributed by atoms with van der Waals surface area (Å²) in [4.78, 5) is 11.6. The van der Waals surface area contributed by atoms with E-state index in [9.17, 15) is 9.90 Å². The van der Waals surface area contributed by atoms with Gasteiger partial charge in [-0.25, -0.2) is 0 Å². The largest absolute Gasteiger partial charge is 0.494 e. The molecular formula is C13H13NO2. The smallest absolute Gasteiger partial charge is 0.253 e. The van der Waals surface area contributed by atoms with E-state index in [-0.39, 0.29) is 11.4 Å². The normalized spacial score (nSPS) is 10.4. The maximum Gasteiger partial charge on any atom is 0.253 e. The maximum atomic E-state index is 11.6. The third kappa shape index (κ3) is 1.60. The third-order valence-electron chi connectivity index (χ3n) is 2.74. The van der Waals surface area contributed by atoms with Crippen molar-refractivity contribution >= 4 is 0 Å². The molecule has 0 amide bonds. The number of benzene rings is 1. The predicted molar refractivity (Wildman–Crippen MR) is 63.5 cm³/mol. The molecule has 1 heterocycles. The lowest BCUT2D eigenvalue weighted by molar-refractivity contribution is 0.419. The molecule has 1 N–H and O–H groups in total. The van der Waals surface area contributed by atoms with Crippen molar-refractivity contribution in [3.8, 4) is 17.0 Å². The van der Waals surface area contributed by atoms with Crippen LogP contribution in [0.5, 0.6) is 5.88 Å². The highest BCUT2D eigenvalue weighted by molar-refractivity contribution is 5.68. The fourth-order valence-corrected chi connectivity index (χ4v) is 1.72. The molecule has 1 aromatic carbocycles. The number of nitrogens with zero attached hydrogens (tertiary/aromatic N) is 1. The number of aromatic hydroxyl groups is 1. The van der Waals surface area contributed by atoms with Gasteiger partial charge in [0.25, 0.3) is 5.56 Å². The Hall–Kier alpha value is -2.03. The second-order valence-corrected chi connectivity index (χ2v) is 3.77. The summed E-state index contributed by atoms with van der Waals surface area (Å²) in [6.07, 6.45) is 0. The monoisotopic (exact) mass is 215 g/mol. The minimum Gasteiger partial charge on any atom is -0.494 e. The van der Waals surface area contributed by atoms with E-state index in [2.05, 4.69) is 0 Å². The van der Waals surface area contributed by atoms with E-state index in [4.69, 9.17) is 0 Å². The molecule has 0 aliphatic heterocycles. The van der Waals surface area contributed by atoms with Crippen LogP contribution in [0.15, 0.2) is 41.2 Å². The lowest BCUT2D eigenvalue weighted by Gasteiger charge is -2.10. The standard InChI is InChI=1S/C13H13NO2/c1-9-11(10-6-4-3-5-7-10)8-12(15)14(2)13(9)16/h3-8,16H,1-2H3.